The van der Waals surface area contributed by atoms with Crippen LogP contribution in [0.15, 0.2) is 53.5 Å². The lowest BCUT2D eigenvalue weighted by Crippen LogP contribution is -2.38. The lowest BCUT2D eigenvalue weighted by Gasteiger charge is -2.15. The largest absolute Gasteiger partial charge is 0.491 e. The highest BCUT2D eigenvalue weighted by Gasteiger charge is 2.10. The van der Waals surface area contributed by atoms with Gasteiger partial charge in [-0.25, -0.2) is 4.98 Å². The van der Waals surface area contributed by atoms with Crippen molar-refractivity contribution in [3.63, 3.8) is 0 Å². The van der Waals surface area contributed by atoms with Crippen LogP contribution in [0.3, 0.4) is 0 Å². The number of rotatable bonds is 10. The van der Waals surface area contributed by atoms with Gasteiger partial charge in [0.05, 0.1) is 29.8 Å². The number of aliphatic hydroxyl groups is 1. The molecule has 0 bridgehead atoms. The predicted molar refractivity (Wildman–Crippen MR) is 130 cm³/mol. The Bertz CT molecular complexity index is 1030. The van der Waals surface area contributed by atoms with Crippen molar-refractivity contribution in [2.75, 3.05) is 19.6 Å². The smallest absolute Gasteiger partial charge is 0.191 e. The summed E-state index contributed by atoms with van der Waals surface area (Å²) in [6.07, 6.45) is 0.332. The second-order valence-electron chi connectivity index (χ2n) is 8.05. The van der Waals surface area contributed by atoms with Crippen molar-refractivity contribution in [3.8, 4) is 5.75 Å². The molecule has 0 fully saturated rings. The normalized spacial score (nSPS) is 12.9. The van der Waals surface area contributed by atoms with Crippen molar-refractivity contribution in [2.24, 2.45) is 4.99 Å². The summed E-state index contributed by atoms with van der Waals surface area (Å²) in [5.74, 6) is 2.49. The van der Waals surface area contributed by atoms with Gasteiger partial charge >= 0.3 is 0 Å². The van der Waals surface area contributed by atoms with Gasteiger partial charge in [-0.1, -0.05) is 24.3 Å². The highest BCUT2D eigenvalue weighted by atomic mass is 16.5. The number of benzene rings is 2. The zero-order valence-corrected chi connectivity index (χ0v) is 19.5. The van der Waals surface area contributed by atoms with Gasteiger partial charge in [-0.3, -0.25) is 4.99 Å². The van der Waals surface area contributed by atoms with Gasteiger partial charge in [-0.2, -0.15) is 0 Å². The van der Waals surface area contributed by atoms with Crippen LogP contribution in [0.4, 0.5) is 0 Å². The molecule has 0 aliphatic heterocycles. The Morgan fingerprint density at radius 2 is 1.97 bits per heavy atom. The van der Waals surface area contributed by atoms with Crippen molar-refractivity contribution >= 4 is 17.0 Å². The second kappa shape index (κ2) is 11.5. The summed E-state index contributed by atoms with van der Waals surface area (Å²) in [5, 5.41) is 17.2. The highest BCUT2D eigenvalue weighted by molar-refractivity contribution is 5.79. The molecule has 32 heavy (non-hydrogen) atoms. The van der Waals surface area contributed by atoms with Crippen molar-refractivity contribution in [1.29, 1.82) is 0 Å². The molecule has 3 rings (SSSR count). The average molecular weight is 438 g/mol. The molecule has 1 atom stereocenters. The van der Waals surface area contributed by atoms with E-state index in [1.54, 1.807) is 0 Å². The first-order valence-corrected chi connectivity index (χ1v) is 11.4. The van der Waals surface area contributed by atoms with Gasteiger partial charge in [-0.15, -0.1) is 0 Å². The minimum atomic E-state index is -0.693. The van der Waals surface area contributed by atoms with E-state index in [9.17, 15) is 5.11 Å². The molecular weight excluding hydrogens is 402 g/mol. The van der Waals surface area contributed by atoms with Gasteiger partial charge in [0.2, 0.25) is 0 Å². The van der Waals surface area contributed by atoms with E-state index < -0.39 is 6.10 Å². The summed E-state index contributed by atoms with van der Waals surface area (Å²) >= 11 is 0. The van der Waals surface area contributed by atoms with E-state index in [1.165, 1.54) is 0 Å². The lowest BCUT2D eigenvalue weighted by molar-refractivity contribution is 0.185. The zero-order valence-electron chi connectivity index (χ0n) is 19.5. The van der Waals surface area contributed by atoms with Crippen LogP contribution in [0.5, 0.6) is 5.75 Å². The summed E-state index contributed by atoms with van der Waals surface area (Å²) < 4.78 is 7.97. The number of aliphatic imine (C=N–C) groups is 1. The number of aliphatic hydroxyl groups excluding tert-OH is 1. The third-order valence-corrected chi connectivity index (χ3v) is 5.08. The fraction of sp³-hybridized carbons (Fsp3) is 0.440. The number of para-hydroxylation sites is 2. The highest BCUT2D eigenvalue weighted by Crippen LogP contribution is 2.20. The van der Waals surface area contributed by atoms with Gasteiger partial charge in [0, 0.05) is 19.6 Å². The van der Waals surface area contributed by atoms with E-state index >= 15 is 0 Å². The first-order chi connectivity index (χ1) is 15.5. The fourth-order valence-electron chi connectivity index (χ4n) is 3.61. The Hall–Kier alpha value is -3.06. The zero-order chi connectivity index (χ0) is 22.9. The molecule has 3 aromatic rings. The number of nitrogens with zero attached hydrogens (tertiary/aromatic N) is 3. The molecular formula is C25H35N5O2. The SMILES string of the molecule is CCNC(=NCC(O)c1cccc(OC(C)C)c1)NCCCn1c(C)nc2ccccc21. The van der Waals surface area contributed by atoms with Crippen LogP contribution in [-0.4, -0.2) is 46.4 Å². The minimum Gasteiger partial charge on any atom is -0.491 e. The number of guanidine groups is 1. The lowest BCUT2D eigenvalue weighted by atomic mass is 10.1. The maximum atomic E-state index is 10.6. The maximum absolute atomic E-state index is 10.6. The fourth-order valence-corrected chi connectivity index (χ4v) is 3.61. The standard InChI is InChI=1S/C25H35N5O2/c1-5-26-25(28-17-24(31)20-10-8-11-21(16-20)32-18(2)3)27-14-9-15-30-19(4)29-22-12-6-7-13-23(22)30/h6-8,10-13,16,18,24,31H,5,9,14-15,17H2,1-4H3,(H2,26,27,28). The van der Waals surface area contributed by atoms with Gasteiger partial charge in [0.15, 0.2) is 5.96 Å². The summed E-state index contributed by atoms with van der Waals surface area (Å²) in [6, 6.07) is 15.8. The minimum absolute atomic E-state index is 0.0917. The van der Waals surface area contributed by atoms with Crippen molar-refractivity contribution in [1.82, 2.24) is 20.2 Å². The van der Waals surface area contributed by atoms with Crippen LogP contribution in [0.25, 0.3) is 11.0 Å². The van der Waals surface area contributed by atoms with E-state index in [4.69, 9.17) is 4.74 Å². The Labute approximate surface area is 190 Å². The van der Waals surface area contributed by atoms with E-state index in [0.29, 0.717) is 5.96 Å². The van der Waals surface area contributed by atoms with Crippen molar-refractivity contribution in [3.05, 3.63) is 59.9 Å². The molecule has 1 unspecified atom stereocenters. The van der Waals surface area contributed by atoms with Crippen LogP contribution < -0.4 is 15.4 Å². The van der Waals surface area contributed by atoms with Crippen LogP contribution in [-0.2, 0) is 6.54 Å². The number of aromatic nitrogens is 2. The maximum Gasteiger partial charge on any atom is 0.191 e. The molecule has 7 heteroatoms. The Morgan fingerprint density at radius 1 is 1.16 bits per heavy atom. The number of hydrogen-bond donors (Lipinski definition) is 3. The molecule has 0 spiro atoms. The molecule has 0 aliphatic rings. The Kier molecular flexibility index (Phi) is 8.50. The number of aryl methyl sites for hydroxylation is 2. The second-order valence-corrected chi connectivity index (χ2v) is 8.05. The van der Waals surface area contributed by atoms with Gasteiger partial charge < -0.3 is 25.0 Å². The van der Waals surface area contributed by atoms with Gasteiger partial charge in [0.1, 0.15) is 11.6 Å². The van der Waals surface area contributed by atoms with Crippen LogP contribution in [0.2, 0.25) is 0 Å². The first-order valence-electron chi connectivity index (χ1n) is 11.4. The van der Waals surface area contributed by atoms with Crippen LogP contribution in [0.1, 0.15) is 44.7 Å². The summed E-state index contributed by atoms with van der Waals surface area (Å²) in [6.45, 7) is 10.7. The molecule has 2 aromatic carbocycles. The monoisotopic (exact) mass is 437 g/mol. The first kappa shape index (κ1) is 23.6. The Balaban J connectivity index is 1.54. The molecule has 0 radical (unpaired) electrons. The molecule has 7 nitrogen and oxygen atoms in total. The number of hydrogen-bond acceptors (Lipinski definition) is 4. The summed E-state index contributed by atoms with van der Waals surface area (Å²) in [4.78, 5) is 9.19. The van der Waals surface area contributed by atoms with E-state index in [-0.39, 0.29) is 12.6 Å². The summed E-state index contributed by atoms with van der Waals surface area (Å²) in [7, 11) is 0. The van der Waals surface area contributed by atoms with Crippen molar-refractivity contribution in [2.45, 2.75) is 52.9 Å². The average Bonchev–Trinajstić information content (AvgIpc) is 3.09. The van der Waals surface area contributed by atoms with Crippen molar-refractivity contribution < 1.29 is 9.84 Å². The molecule has 1 aromatic heterocycles. The number of fused-ring (bicyclic) bond motifs is 1. The van der Waals surface area contributed by atoms with E-state index in [1.807, 2.05) is 70.2 Å². The molecule has 3 N–H and O–H groups in total. The number of imidazole rings is 1. The topological polar surface area (TPSA) is 83.7 Å². The third-order valence-electron chi connectivity index (χ3n) is 5.08. The molecule has 172 valence electrons. The molecule has 0 saturated heterocycles. The van der Waals surface area contributed by atoms with Crippen LogP contribution >= 0.6 is 0 Å². The summed E-state index contributed by atoms with van der Waals surface area (Å²) in [5.41, 5.74) is 2.99. The number of nitrogens with one attached hydrogen (secondary N) is 2. The van der Waals surface area contributed by atoms with E-state index in [2.05, 4.69) is 31.2 Å². The quantitative estimate of drug-likeness (QED) is 0.255. The molecule has 0 aliphatic carbocycles. The third kappa shape index (κ3) is 6.47. The van der Waals surface area contributed by atoms with E-state index in [0.717, 1.165) is 54.2 Å². The molecule has 0 amide bonds. The predicted octanol–water partition coefficient (Wildman–Crippen LogP) is 3.81. The molecule has 0 saturated carbocycles. The Morgan fingerprint density at radius 3 is 2.75 bits per heavy atom. The molecule has 1 heterocycles. The number of ether oxygens (including phenoxy) is 1. The van der Waals surface area contributed by atoms with Gasteiger partial charge in [0.25, 0.3) is 0 Å². The van der Waals surface area contributed by atoms with Gasteiger partial charge in [-0.05, 0) is 63.9 Å². The van der Waals surface area contributed by atoms with Crippen LogP contribution in [0, 0.1) is 6.92 Å².